The molecule has 0 aromatic rings. The van der Waals surface area contributed by atoms with Gasteiger partial charge in [0.05, 0.1) is 13.2 Å². The van der Waals surface area contributed by atoms with Gasteiger partial charge in [0.15, 0.2) is 0 Å². The molecule has 1 aliphatic heterocycles. The van der Waals surface area contributed by atoms with Gasteiger partial charge in [-0.15, -0.1) is 0 Å². The molecular formula is C8H17N3O3. The first-order chi connectivity index (χ1) is 6.77. The molecule has 1 rings (SSSR count). The summed E-state index contributed by atoms with van der Waals surface area (Å²) in [6, 6.07) is 0. The van der Waals surface area contributed by atoms with Crippen molar-refractivity contribution < 1.29 is 14.3 Å². The molecule has 0 atom stereocenters. The van der Waals surface area contributed by atoms with Crippen LogP contribution in [-0.4, -0.2) is 56.5 Å². The number of hydrogen-bond donors (Lipinski definition) is 2. The lowest BCUT2D eigenvalue weighted by Gasteiger charge is -2.27. The fraction of sp³-hybridized carbons (Fsp3) is 0.875. The van der Waals surface area contributed by atoms with Gasteiger partial charge in [0.25, 0.3) is 0 Å². The summed E-state index contributed by atoms with van der Waals surface area (Å²) >= 11 is 0. The maximum atomic E-state index is 11.5. The van der Waals surface area contributed by atoms with Crippen LogP contribution in [0.25, 0.3) is 0 Å². The second kappa shape index (κ2) is 5.79. The Morgan fingerprint density at radius 3 is 2.43 bits per heavy atom. The number of morpholine rings is 1. The van der Waals surface area contributed by atoms with E-state index >= 15 is 0 Å². The van der Waals surface area contributed by atoms with E-state index in [0.717, 1.165) is 0 Å². The Morgan fingerprint density at radius 2 is 1.93 bits per heavy atom. The molecular weight excluding hydrogens is 186 g/mol. The largest absolute Gasteiger partial charge is 0.443 e. The molecule has 14 heavy (non-hydrogen) atoms. The van der Waals surface area contributed by atoms with Crippen molar-refractivity contribution in [2.45, 2.75) is 6.10 Å². The number of hydrogen-bond acceptors (Lipinski definition) is 5. The minimum Gasteiger partial charge on any atom is -0.443 e. The van der Waals surface area contributed by atoms with Crippen LogP contribution in [0.15, 0.2) is 0 Å². The standard InChI is InChI=1S/C8H17N3O3/c9-5-7(6-10)14-8(12)11-1-3-13-4-2-11/h7H,1-6,9-10H2. The quantitative estimate of drug-likeness (QED) is 0.597. The third kappa shape index (κ3) is 3.13. The van der Waals surface area contributed by atoms with Crippen molar-refractivity contribution in [3.05, 3.63) is 0 Å². The van der Waals surface area contributed by atoms with Gasteiger partial charge in [-0.25, -0.2) is 4.79 Å². The first kappa shape index (κ1) is 11.2. The highest BCUT2D eigenvalue weighted by molar-refractivity contribution is 5.67. The summed E-state index contributed by atoms with van der Waals surface area (Å²) in [5.41, 5.74) is 10.7. The van der Waals surface area contributed by atoms with Gasteiger partial charge in [0.2, 0.25) is 0 Å². The third-order valence-corrected chi connectivity index (χ3v) is 2.06. The van der Waals surface area contributed by atoms with Crippen LogP contribution in [0.1, 0.15) is 0 Å². The Kier molecular flexibility index (Phi) is 4.64. The van der Waals surface area contributed by atoms with Gasteiger partial charge < -0.3 is 25.8 Å². The molecule has 0 aromatic carbocycles. The Labute approximate surface area is 83.1 Å². The van der Waals surface area contributed by atoms with Gasteiger partial charge in [-0.1, -0.05) is 0 Å². The molecule has 1 fully saturated rings. The topological polar surface area (TPSA) is 90.8 Å². The Hall–Kier alpha value is -0.850. The van der Waals surface area contributed by atoms with Crippen molar-refractivity contribution in [2.75, 3.05) is 39.4 Å². The molecule has 1 heterocycles. The number of carbonyl (C=O) groups is 1. The SMILES string of the molecule is NCC(CN)OC(=O)N1CCOCC1. The molecule has 0 spiro atoms. The first-order valence-corrected chi connectivity index (χ1v) is 4.71. The number of nitrogens with two attached hydrogens (primary N) is 2. The second-order valence-corrected chi connectivity index (χ2v) is 3.08. The summed E-state index contributed by atoms with van der Waals surface area (Å²) in [6.07, 6.45) is -0.737. The van der Waals surface area contributed by atoms with Gasteiger partial charge in [-0.05, 0) is 0 Å². The van der Waals surface area contributed by atoms with Crippen molar-refractivity contribution >= 4 is 6.09 Å². The van der Waals surface area contributed by atoms with Gasteiger partial charge in [-0.2, -0.15) is 0 Å². The normalized spacial score (nSPS) is 17.2. The molecule has 0 radical (unpaired) electrons. The molecule has 1 amide bonds. The van der Waals surface area contributed by atoms with Crippen LogP contribution in [0.5, 0.6) is 0 Å². The molecule has 0 unspecified atom stereocenters. The van der Waals surface area contributed by atoms with Gasteiger partial charge in [-0.3, -0.25) is 0 Å². The van der Waals surface area contributed by atoms with E-state index in [2.05, 4.69) is 0 Å². The number of carbonyl (C=O) groups excluding carboxylic acids is 1. The first-order valence-electron chi connectivity index (χ1n) is 4.71. The van der Waals surface area contributed by atoms with Crippen molar-refractivity contribution in [2.24, 2.45) is 11.5 Å². The fourth-order valence-corrected chi connectivity index (χ4v) is 1.16. The highest BCUT2D eigenvalue weighted by Gasteiger charge is 2.20. The molecule has 82 valence electrons. The summed E-state index contributed by atoms with van der Waals surface area (Å²) in [5, 5.41) is 0. The van der Waals surface area contributed by atoms with E-state index in [1.165, 1.54) is 0 Å². The molecule has 6 heteroatoms. The van der Waals surface area contributed by atoms with Crippen molar-refractivity contribution in [3.8, 4) is 0 Å². The van der Waals surface area contributed by atoms with E-state index in [9.17, 15) is 4.79 Å². The van der Waals surface area contributed by atoms with Gasteiger partial charge >= 0.3 is 6.09 Å². The smallest absolute Gasteiger partial charge is 0.410 e. The van der Waals surface area contributed by atoms with Crippen molar-refractivity contribution in [1.29, 1.82) is 0 Å². The van der Waals surface area contributed by atoms with Crippen molar-refractivity contribution in [1.82, 2.24) is 4.90 Å². The van der Waals surface area contributed by atoms with E-state index in [1.807, 2.05) is 0 Å². The lowest BCUT2D eigenvalue weighted by molar-refractivity contribution is 0.0154. The van der Waals surface area contributed by atoms with Crippen LogP contribution in [0.3, 0.4) is 0 Å². The average molecular weight is 203 g/mol. The zero-order chi connectivity index (χ0) is 10.4. The van der Waals surface area contributed by atoms with E-state index in [4.69, 9.17) is 20.9 Å². The van der Waals surface area contributed by atoms with Gasteiger partial charge in [0.1, 0.15) is 6.10 Å². The summed E-state index contributed by atoms with van der Waals surface area (Å²) < 4.78 is 10.2. The summed E-state index contributed by atoms with van der Waals surface area (Å²) in [7, 11) is 0. The molecule has 0 aromatic heterocycles. The predicted molar refractivity (Wildman–Crippen MR) is 50.8 cm³/mol. The zero-order valence-corrected chi connectivity index (χ0v) is 8.15. The van der Waals surface area contributed by atoms with Crippen LogP contribution >= 0.6 is 0 Å². The summed E-state index contributed by atoms with van der Waals surface area (Å²) in [4.78, 5) is 13.1. The van der Waals surface area contributed by atoms with Crippen LogP contribution in [0, 0.1) is 0 Å². The molecule has 6 nitrogen and oxygen atoms in total. The van der Waals surface area contributed by atoms with E-state index in [1.54, 1.807) is 4.90 Å². The predicted octanol–water partition coefficient (Wildman–Crippen LogP) is -1.26. The molecule has 0 aliphatic carbocycles. The minimum atomic E-state index is -0.384. The average Bonchev–Trinajstić information content (AvgIpc) is 2.26. The van der Waals surface area contributed by atoms with Gasteiger partial charge in [0, 0.05) is 26.2 Å². The maximum absolute atomic E-state index is 11.5. The summed E-state index contributed by atoms with van der Waals surface area (Å²) in [5.74, 6) is 0. The molecule has 4 N–H and O–H groups in total. The lowest BCUT2D eigenvalue weighted by atomic mass is 10.3. The Morgan fingerprint density at radius 1 is 1.36 bits per heavy atom. The summed E-state index contributed by atoms with van der Waals surface area (Å²) in [6.45, 7) is 2.77. The number of nitrogens with zero attached hydrogens (tertiary/aromatic N) is 1. The van der Waals surface area contributed by atoms with Crippen LogP contribution in [-0.2, 0) is 9.47 Å². The Balaban J connectivity index is 2.32. The molecule has 0 saturated carbocycles. The number of amides is 1. The van der Waals surface area contributed by atoms with Crippen molar-refractivity contribution in [3.63, 3.8) is 0 Å². The van der Waals surface area contributed by atoms with Crippen LogP contribution in [0.4, 0.5) is 4.79 Å². The van der Waals surface area contributed by atoms with E-state index in [0.29, 0.717) is 26.3 Å². The minimum absolute atomic E-state index is 0.257. The lowest BCUT2D eigenvalue weighted by Crippen LogP contribution is -2.44. The zero-order valence-electron chi connectivity index (χ0n) is 8.15. The van der Waals surface area contributed by atoms with Crippen LogP contribution in [0.2, 0.25) is 0 Å². The number of ether oxygens (including phenoxy) is 2. The fourth-order valence-electron chi connectivity index (χ4n) is 1.16. The molecule has 1 aliphatic rings. The Bertz CT molecular complexity index is 179. The van der Waals surface area contributed by atoms with E-state index in [-0.39, 0.29) is 25.3 Å². The highest BCUT2D eigenvalue weighted by atomic mass is 16.6. The highest BCUT2D eigenvalue weighted by Crippen LogP contribution is 2.01. The van der Waals surface area contributed by atoms with Crippen LogP contribution < -0.4 is 11.5 Å². The third-order valence-electron chi connectivity index (χ3n) is 2.06. The second-order valence-electron chi connectivity index (χ2n) is 3.08. The molecule has 1 saturated heterocycles. The molecule has 0 bridgehead atoms. The monoisotopic (exact) mass is 203 g/mol. The maximum Gasteiger partial charge on any atom is 0.410 e. The van der Waals surface area contributed by atoms with E-state index < -0.39 is 0 Å². The number of rotatable bonds is 3.